The second-order valence-electron chi connectivity index (χ2n) is 3.66. The van der Waals surface area contributed by atoms with Gasteiger partial charge in [-0.25, -0.2) is 13.1 Å². The molecule has 0 aliphatic heterocycles. The highest BCUT2D eigenvalue weighted by Crippen LogP contribution is 2.08. The lowest BCUT2D eigenvalue weighted by molar-refractivity contribution is -0.115. The largest absolute Gasteiger partial charge is 0.269 e. The van der Waals surface area contributed by atoms with E-state index in [1.165, 1.54) is 12.1 Å². The molecule has 0 aromatic heterocycles. The molecule has 4 nitrogen and oxygen atoms in total. The van der Waals surface area contributed by atoms with Crippen LogP contribution >= 0.6 is 0 Å². The normalized spacial score (nSPS) is 11.9. The van der Waals surface area contributed by atoms with Crippen molar-refractivity contribution in [3.8, 4) is 0 Å². The molecule has 0 bridgehead atoms. The van der Waals surface area contributed by atoms with Gasteiger partial charge in [-0.2, -0.15) is 0 Å². The van der Waals surface area contributed by atoms with Gasteiger partial charge in [0.05, 0.1) is 4.90 Å². The van der Waals surface area contributed by atoms with Crippen LogP contribution in [0.1, 0.15) is 13.3 Å². The van der Waals surface area contributed by atoms with E-state index < -0.39 is 15.9 Å². The first-order chi connectivity index (χ1) is 8.47. The number of carbonyl (C=O) groups excluding carboxylic acids is 1. The zero-order chi connectivity index (χ0) is 13.6. The molecule has 0 fully saturated rings. The van der Waals surface area contributed by atoms with Crippen molar-refractivity contribution in [1.82, 2.24) is 4.72 Å². The van der Waals surface area contributed by atoms with E-state index in [0.29, 0.717) is 12.0 Å². The molecule has 0 heterocycles. The lowest BCUT2D eigenvalue weighted by atomic mass is 10.2. The van der Waals surface area contributed by atoms with E-state index in [9.17, 15) is 13.2 Å². The van der Waals surface area contributed by atoms with E-state index in [1.807, 2.05) is 4.72 Å². The molecule has 1 amide bonds. The van der Waals surface area contributed by atoms with Crippen LogP contribution in [0.15, 0.2) is 59.5 Å². The summed E-state index contributed by atoms with van der Waals surface area (Å²) in [5, 5.41) is 0. The van der Waals surface area contributed by atoms with Crippen molar-refractivity contribution in [3.05, 3.63) is 54.6 Å². The quantitative estimate of drug-likeness (QED) is 0.654. The molecule has 0 saturated heterocycles. The first-order valence-corrected chi connectivity index (χ1v) is 6.85. The molecule has 1 rings (SSSR count). The van der Waals surface area contributed by atoms with Gasteiger partial charge < -0.3 is 0 Å². The Balaban J connectivity index is 2.85. The maximum Gasteiger partial charge on any atom is 0.264 e. The zero-order valence-electron chi connectivity index (χ0n) is 10.1. The summed E-state index contributed by atoms with van der Waals surface area (Å²) in [5.74, 6) is -0.624. The van der Waals surface area contributed by atoms with Crippen LogP contribution in [0.25, 0.3) is 0 Å². The highest BCUT2D eigenvalue weighted by molar-refractivity contribution is 7.90. The lowest BCUT2D eigenvalue weighted by Gasteiger charge is -2.06. The Hall–Kier alpha value is -1.88. The third-order valence-electron chi connectivity index (χ3n) is 2.23. The molecule has 96 valence electrons. The van der Waals surface area contributed by atoms with Crippen LogP contribution in [0, 0.1) is 0 Å². The summed E-state index contributed by atoms with van der Waals surface area (Å²) in [6.07, 6.45) is 3.76. The van der Waals surface area contributed by atoms with Gasteiger partial charge in [0.2, 0.25) is 0 Å². The van der Waals surface area contributed by atoms with E-state index in [0.717, 1.165) is 0 Å². The second-order valence-corrected chi connectivity index (χ2v) is 5.34. The van der Waals surface area contributed by atoms with Gasteiger partial charge >= 0.3 is 0 Å². The van der Waals surface area contributed by atoms with E-state index in [-0.39, 0.29) is 4.90 Å². The van der Waals surface area contributed by atoms with Crippen molar-refractivity contribution >= 4 is 15.9 Å². The SMILES string of the molecule is C=CC/C=C(\C)C(=O)NS(=O)(=O)c1ccccc1. The molecule has 0 saturated carbocycles. The first-order valence-electron chi connectivity index (χ1n) is 5.37. The molecule has 0 spiro atoms. The van der Waals surface area contributed by atoms with Gasteiger partial charge in [-0.05, 0) is 25.5 Å². The predicted octanol–water partition coefficient (Wildman–Crippen LogP) is 2.01. The van der Waals surface area contributed by atoms with Gasteiger partial charge in [0.25, 0.3) is 15.9 Å². The van der Waals surface area contributed by atoms with Crippen LogP contribution in [0.2, 0.25) is 0 Å². The molecule has 1 aromatic carbocycles. The van der Waals surface area contributed by atoms with Crippen LogP contribution in [-0.4, -0.2) is 14.3 Å². The number of rotatable bonds is 5. The topological polar surface area (TPSA) is 63.2 Å². The summed E-state index contributed by atoms with van der Waals surface area (Å²) in [4.78, 5) is 11.7. The highest BCUT2D eigenvalue weighted by atomic mass is 32.2. The van der Waals surface area contributed by atoms with Crippen LogP contribution in [-0.2, 0) is 14.8 Å². The Kier molecular flexibility index (Phi) is 4.85. The number of amides is 1. The van der Waals surface area contributed by atoms with Crippen molar-refractivity contribution in [3.63, 3.8) is 0 Å². The molecular weight excluding hydrogens is 250 g/mol. The Labute approximate surface area is 107 Å². The summed E-state index contributed by atoms with van der Waals surface area (Å²) in [6, 6.07) is 7.76. The molecule has 18 heavy (non-hydrogen) atoms. The number of nitrogens with one attached hydrogen (secondary N) is 1. The summed E-state index contributed by atoms with van der Waals surface area (Å²) < 4.78 is 25.7. The fraction of sp³-hybridized carbons (Fsp3) is 0.154. The van der Waals surface area contributed by atoms with E-state index >= 15 is 0 Å². The third kappa shape index (κ3) is 3.85. The minimum atomic E-state index is -3.80. The van der Waals surface area contributed by atoms with Gasteiger partial charge in [-0.15, -0.1) is 6.58 Å². The Morgan fingerprint density at radius 1 is 1.33 bits per heavy atom. The maximum atomic E-state index is 11.8. The molecule has 0 aliphatic carbocycles. The van der Waals surface area contributed by atoms with Crippen LogP contribution in [0.3, 0.4) is 0 Å². The second kappa shape index (κ2) is 6.16. The van der Waals surface area contributed by atoms with Gasteiger partial charge in [0.15, 0.2) is 0 Å². The fourth-order valence-corrected chi connectivity index (χ4v) is 2.25. The van der Waals surface area contributed by atoms with Gasteiger partial charge in [-0.3, -0.25) is 4.79 Å². The van der Waals surface area contributed by atoms with Crippen molar-refractivity contribution in [2.24, 2.45) is 0 Å². The average Bonchev–Trinajstić information content (AvgIpc) is 2.36. The Morgan fingerprint density at radius 3 is 2.50 bits per heavy atom. The molecule has 0 aliphatic rings. The standard InChI is InChI=1S/C13H15NO3S/c1-3-4-8-11(2)13(15)14-18(16,17)12-9-6-5-7-10-12/h3,5-10H,1,4H2,2H3,(H,14,15)/b11-8+. The van der Waals surface area contributed by atoms with Crippen molar-refractivity contribution < 1.29 is 13.2 Å². The summed E-state index contributed by atoms with van der Waals surface area (Å²) >= 11 is 0. The molecule has 1 N–H and O–H groups in total. The van der Waals surface area contributed by atoms with Crippen molar-refractivity contribution in [1.29, 1.82) is 0 Å². The number of sulfonamides is 1. The number of hydrogen-bond donors (Lipinski definition) is 1. The van der Waals surface area contributed by atoms with Crippen LogP contribution in [0.5, 0.6) is 0 Å². The number of carbonyl (C=O) groups is 1. The Bertz CT molecular complexity index is 559. The molecule has 5 heteroatoms. The maximum absolute atomic E-state index is 11.8. The summed E-state index contributed by atoms with van der Waals surface area (Å²) in [7, 11) is -3.80. The minimum absolute atomic E-state index is 0.0647. The van der Waals surface area contributed by atoms with Crippen LogP contribution < -0.4 is 4.72 Å². The monoisotopic (exact) mass is 265 g/mol. The number of allylic oxidation sites excluding steroid dienone is 2. The summed E-state index contributed by atoms with van der Waals surface area (Å²) in [5.41, 5.74) is 0.342. The van der Waals surface area contributed by atoms with E-state index in [2.05, 4.69) is 6.58 Å². The Morgan fingerprint density at radius 2 is 1.94 bits per heavy atom. The van der Waals surface area contributed by atoms with Crippen molar-refractivity contribution in [2.75, 3.05) is 0 Å². The highest BCUT2D eigenvalue weighted by Gasteiger charge is 2.17. The molecular formula is C13H15NO3S. The molecule has 0 radical (unpaired) electrons. The zero-order valence-corrected chi connectivity index (χ0v) is 10.9. The number of hydrogen-bond acceptors (Lipinski definition) is 3. The number of benzene rings is 1. The van der Waals surface area contributed by atoms with Gasteiger partial charge in [0, 0.05) is 5.57 Å². The first kappa shape index (κ1) is 14.2. The minimum Gasteiger partial charge on any atom is -0.269 e. The third-order valence-corrected chi connectivity index (χ3v) is 3.58. The average molecular weight is 265 g/mol. The lowest BCUT2D eigenvalue weighted by Crippen LogP contribution is -2.31. The molecule has 1 aromatic rings. The fourth-order valence-electron chi connectivity index (χ4n) is 1.21. The van der Waals surface area contributed by atoms with Crippen molar-refractivity contribution in [2.45, 2.75) is 18.2 Å². The van der Waals surface area contributed by atoms with Crippen LogP contribution in [0.4, 0.5) is 0 Å². The smallest absolute Gasteiger partial charge is 0.264 e. The molecule has 0 atom stereocenters. The van der Waals surface area contributed by atoms with E-state index in [1.54, 1.807) is 37.3 Å². The van der Waals surface area contributed by atoms with Gasteiger partial charge in [0.1, 0.15) is 0 Å². The van der Waals surface area contributed by atoms with Gasteiger partial charge in [-0.1, -0.05) is 30.4 Å². The predicted molar refractivity (Wildman–Crippen MR) is 70.3 cm³/mol. The van der Waals surface area contributed by atoms with E-state index in [4.69, 9.17) is 0 Å². The summed E-state index contributed by atoms with van der Waals surface area (Å²) in [6.45, 7) is 5.07. The molecule has 0 unspecified atom stereocenters.